The number of aliphatic hydroxyl groups is 1. The fourth-order valence-electron chi connectivity index (χ4n) is 1.65. The molecule has 2 rings (SSSR count). The van der Waals surface area contributed by atoms with Gasteiger partial charge in [0.25, 0.3) is 0 Å². The van der Waals surface area contributed by atoms with Crippen LogP contribution in [0.3, 0.4) is 0 Å². The predicted molar refractivity (Wildman–Crippen MR) is 61.1 cm³/mol. The molecule has 1 aromatic rings. The van der Waals surface area contributed by atoms with E-state index in [9.17, 15) is 9.90 Å². The maximum Gasteiger partial charge on any atom is 0.339 e. The second kappa shape index (κ2) is 4.91. The summed E-state index contributed by atoms with van der Waals surface area (Å²) in [5, 5.41) is 9.99. The lowest BCUT2D eigenvalue weighted by Gasteiger charge is -2.15. The summed E-state index contributed by atoms with van der Waals surface area (Å²) in [6, 6.07) is 1.44. The third-order valence-electron chi connectivity index (χ3n) is 2.51. The SMILES string of the molecule is COC(=O)C(O)c1cc2c(c(Cl)c1OC)OCO2. The zero-order valence-corrected chi connectivity index (χ0v) is 10.5. The van der Waals surface area contributed by atoms with Crippen LogP contribution < -0.4 is 14.2 Å². The molecule has 1 aromatic carbocycles. The topological polar surface area (TPSA) is 74.2 Å². The van der Waals surface area contributed by atoms with Crippen molar-refractivity contribution < 1.29 is 28.8 Å². The summed E-state index contributed by atoms with van der Waals surface area (Å²) < 4.78 is 19.9. The molecule has 0 bridgehead atoms. The van der Waals surface area contributed by atoms with Gasteiger partial charge in [-0.1, -0.05) is 11.6 Å². The minimum atomic E-state index is -1.50. The summed E-state index contributed by atoms with van der Waals surface area (Å²) in [5.41, 5.74) is 0.165. The van der Waals surface area contributed by atoms with Gasteiger partial charge in [0, 0.05) is 5.56 Å². The summed E-state index contributed by atoms with van der Waals surface area (Å²) in [6.45, 7) is 0.0238. The van der Waals surface area contributed by atoms with E-state index in [1.165, 1.54) is 20.3 Å². The maximum atomic E-state index is 11.3. The van der Waals surface area contributed by atoms with Gasteiger partial charge in [0.05, 0.1) is 14.2 Å². The minimum absolute atomic E-state index is 0.0238. The number of aliphatic hydroxyl groups excluding tert-OH is 1. The number of hydrogen-bond acceptors (Lipinski definition) is 6. The third-order valence-corrected chi connectivity index (χ3v) is 2.86. The van der Waals surface area contributed by atoms with Crippen molar-refractivity contribution in [2.45, 2.75) is 6.10 Å². The van der Waals surface area contributed by atoms with Gasteiger partial charge in [-0.25, -0.2) is 4.79 Å². The fraction of sp³-hybridized carbons (Fsp3) is 0.364. The first-order valence-corrected chi connectivity index (χ1v) is 5.39. The summed E-state index contributed by atoms with van der Waals surface area (Å²) in [6.07, 6.45) is -1.50. The number of carbonyl (C=O) groups is 1. The van der Waals surface area contributed by atoms with E-state index in [1.54, 1.807) is 0 Å². The van der Waals surface area contributed by atoms with E-state index < -0.39 is 12.1 Å². The number of benzene rings is 1. The van der Waals surface area contributed by atoms with Crippen molar-refractivity contribution in [3.63, 3.8) is 0 Å². The van der Waals surface area contributed by atoms with Crippen LogP contribution in [0.2, 0.25) is 5.02 Å². The van der Waals surface area contributed by atoms with E-state index in [1.807, 2.05) is 0 Å². The molecule has 0 aromatic heterocycles. The molecule has 0 spiro atoms. The second-order valence-corrected chi connectivity index (χ2v) is 3.85. The first-order chi connectivity index (χ1) is 8.60. The zero-order chi connectivity index (χ0) is 13.3. The summed E-state index contributed by atoms with van der Waals surface area (Å²) >= 11 is 6.06. The van der Waals surface area contributed by atoms with Crippen molar-refractivity contribution in [3.05, 3.63) is 16.7 Å². The Morgan fingerprint density at radius 3 is 2.83 bits per heavy atom. The molecule has 1 aliphatic heterocycles. The smallest absolute Gasteiger partial charge is 0.339 e. The molecule has 7 heteroatoms. The number of rotatable bonds is 3. The largest absolute Gasteiger partial charge is 0.495 e. The maximum absolute atomic E-state index is 11.3. The third kappa shape index (κ3) is 1.93. The van der Waals surface area contributed by atoms with Gasteiger partial charge in [-0.05, 0) is 6.07 Å². The molecule has 0 saturated heterocycles. The van der Waals surface area contributed by atoms with Gasteiger partial charge in [0.15, 0.2) is 17.6 Å². The quantitative estimate of drug-likeness (QED) is 0.837. The number of esters is 1. The van der Waals surface area contributed by atoms with E-state index in [-0.39, 0.29) is 23.1 Å². The van der Waals surface area contributed by atoms with Crippen molar-refractivity contribution >= 4 is 17.6 Å². The van der Waals surface area contributed by atoms with Gasteiger partial charge in [0.1, 0.15) is 10.8 Å². The van der Waals surface area contributed by atoms with Crippen molar-refractivity contribution in [3.8, 4) is 17.2 Å². The number of ether oxygens (including phenoxy) is 4. The average molecular weight is 275 g/mol. The molecule has 1 N–H and O–H groups in total. The molecule has 6 nitrogen and oxygen atoms in total. The minimum Gasteiger partial charge on any atom is -0.495 e. The molecule has 18 heavy (non-hydrogen) atoms. The summed E-state index contributed by atoms with van der Waals surface area (Å²) in [7, 11) is 2.55. The van der Waals surface area contributed by atoms with Crippen LogP contribution in [-0.2, 0) is 9.53 Å². The summed E-state index contributed by atoms with van der Waals surface area (Å²) in [4.78, 5) is 11.3. The van der Waals surface area contributed by atoms with Crippen LogP contribution in [0, 0.1) is 0 Å². The lowest BCUT2D eigenvalue weighted by atomic mass is 10.1. The number of hydrogen-bond donors (Lipinski definition) is 1. The number of carbonyl (C=O) groups excluding carboxylic acids is 1. The first-order valence-electron chi connectivity index (χ1n) is 5.02. The molecule has 1 heterocycles. The highest BCUT2D eigenvalue weighted by Gasteiger charge is 2.30. The molecule has 0 radical (unpaired) electrons. The van der Waals surface area contributed by atoms with Gasteiger partial charge in [0.2, 0.25) is 6.79 Å². The van der Waals surface area contributed by atoms with Crippen molar-refractivity contribution in [1.82, 2.24) is 0 Å². The van der Waals surface area contributed by atoms with Gasteiger partial charge in [-0.2, -0.15) is 0 Å². The van der Waals surface area contributed by atoms with E-state index in [4.69, 9.17) is 25.8 Å². The molecular weight excluding hydrogens is 264 g/mol. The number of halogens is 1. The van der Waals surface area contributed by atoms with Gasteiger partial charge >= 0.3 is 5.97 Å². The fourth-order valence-corrected chi connectivity index (χ4v) is 1.99. The van der Waals surface area contributed by atoms with Gasteiger partial charge in [-0.3, -0.25) is 0 Å². The molecule has 1 aliphatic rings. The molecular formula is C11H11ClO6. The van der Waals surface area contributed by atoms with E-state index >= 15 is 0 Å². The average Bonchev–Trinajstić information content (AvgIpc) is 2.85. The van der Waals surface area contributed by atoms with Crippen LogP contribution in [-0.4, -0.2) is 32.1 Å². The van der Waals surface area contributed by atoms with E-state index in [0.717, 1.165) is 0 Å². The first kappa shape index (κ1) is 12.8. The highest BCUT2D eigenvalue weighted by atomic mass is 35.5. The number of methoxy groups -OCH3 is 2. The Labute approximate surface area is 108 Å². The Hall–Kier alpha value is -1.66. The Balaban J connectivity index is 2.53. The van der Waals surface area contributed by atoms with Gasteiger partial charge in [-0.15, -0.1) is 0 Å². The monoisotopic (exact) mass is 274 g/mol. The highest BCUT2D eigenvalue weighted by Crippen LogP contribution is 2.48. The van der Waals surface area contributed by atoms with Crippen LogP contribution in [0.15, 0.2) is 6.07 Å². The van der Waals surface area contributed by atoms with Crippen LogP contribution in [0.5, 0.6) is 17.2 Å². The lowest BCUT2D eigenvalue weighted by Crippen LogP contribution is -2.14. The molecule has 1 atom stereocenters. The van der Waals surface area contributed by atoms with Crippen LogP contribution in [0.4, 0.5) is 0 Å². The number of fused-ring (bicyclic) bond motifs is 1. The molecule has 0 aliphatic carbocycles. The Morgan fingerprint density at radius 2 is 2.22 bits per heavy atom. The normalized spacial score (nSPS) is 14.2. The molecule has 98 valence electrons. The Morgan fingerprint density at radius 1 is 1.50 bits per heavy atom. The van der Waals surface area contributed by atoms with Crippen LogP contribution >= 0.6 is 11.6 Å². The van der Waals surface area contributed by atoms with Crippen molar-refractivity contribution in [1.29, 1.82) is 0 Å². The molecule has 0 saturated carbocycles. The second-order valence-electron chi connectivity index (χ2n) is 3.47. The Bertz CT molecular complexity index is 487. The van der Waals surface area contributed by atoms with E-state index in [2.05, 4.69) is 4.74 Å². The van der Waals surface area contributed by atoms with Crippen LogP contribution in [0.25, 0.3) is 0 Å². The van der Waals surface area contributed by atoms with Crippen molar-refractivity contribution in [2.24, 2.45) is 0 Å². The zero-order valence-electron chi connectivity index (χ0n) is 9.73. The molecule has 0 fully saturated rings. The van der Waals surface area contributed by atoms with Crippen LogP contribution in [0.1, 0.15) is 11.7 Å². The van der Waals surface area contributed by atoms with Crippen molar-refractivity contribution in [2.75, 3.05) is 21.0 Å². The Kier molecular flexibility index (Phi) is 3.49. The lowest BCUT2D eigenvalue weighted by molar-refractivity contribution is -0.150. The molecule has 0 amide bonds. The van der Waals surface area contributed by atoms with Gasteiger partial charge < -0.3 is 24.1 Å². The predicted octanol–water partition coefficient (Wildman–Crippen LogP) is 1.28. The highest BCUT2D eigenvalue weighted by molar-refractivity contribution is 6.34. The van der Waals surface area contributed by atoms with E-state index in [0.29, 0.717) is 11.5 Å². The molecule has 1 unspecified atom stereocenters. The summed E-state index contributed by atoms with van der Waals surface area (Å²) in [5.74, 6) is 0.00938. The standard InChI is InChI=1S/C11H11ClO6/c1-15-9-5(8(13)11(14)16-2)3-6-10(7(9)12)18-4-17-6/h3,8,13H,4H2,1-2H3.